The number of carbonyl (C=O) groups excluding carboxylic acids is 1. The van der Waals surface area contributed by atoms with E-state index < -0.39 is 0 Å². The van der Waals surface area contributed by atoms with Gasteiger partial charge in [-0.2, -0.15) is 10.4 Å². The van der Waals surface area contributed by atoms with E-state index in [0.717, 1.165) is 34.8 Å². The highest BCUT2D eigenvalue weighted by atomic mass is 32.1. The molecule has 1 aliphatic heterocycles. The number of ether oxygens (including phenoxy) is 1. The molecule has 0 aliphatic carbocycles. The van der Waals surface area contributed by atoms with Gasteiger partial charge in [-0.1, -0.05) is 26.8 Å². The number of fused-ring (bicyclic) bond motifs is 1. The summed E-state index contributed by atoms with van der Waals surface area (Å²) in [5.41, 5.74) is 2.30. The lowest BCUT2D eigenvalue weighted by molar-refractivity contribution is 0.101. The second-order valence-electron chi connectivity index (χ2n) is 9.25. The molecule has 3 aromatic heterocycles. The summed E-state index contributed by atoms with van der Waals surface area (Å²) >= 11 is 1.42. The number of Topliss-reactive ketones (excluding diaryl/α,β-unsaturated/α-hetero) is 1. The first-order chi connectivity index (χ1) is 19.3. The maximum Gasteiger partial charge on any atom is 0.184 e. The van der Waals surface area contributed by atoms with Crippen molar-refractivity contribution >= 4 is 28.2 Å². The first-order valence-corrected chi connectivity index (χ1v) is 14.4. The molecule has 0 bridgehead atoms. The standard InChI is InChI=1S/C16H15N3O2.C6H13N.C5H4N2S.C4H8/c1-3-13-15-14(8-9-17-16(15)19-18-13)21-12-6-4-11(5-7-12)10(2)20;1-6-3-2-4-7-5-6;1-4-7-3-5(2-6)8-4;1-3-4-2/h4-9H,3H2,1-2H3,(H,17,18,19);6-7H,2-5H2,1H3;3H,1H3;3H,1,4H2,2H3. The Morgan fingerprint density at radius 2 is 1.98 bits per heavy atom. The van der Waals surface area contributed by atoms with Gasteiger partial charge in [0.25, 0.3) is 0 Å². The van der Waals surface area contributed by atoms with Crippen molar-refractivity contribution < 1.29 is 9.53 Å². The predicted molar refractivity (Wildman–Crippen MR) is 163 cm³/mol. The number of hydrogen-bond acceptors (Lipinski definition) is 8. The van der Waals surface area contributed by atoms with E-state index in [-0.39, 0.29) is 5.78 Å². The molecular formula is C31H40N6O2S. The molecule has 0 amide bonds. The fraction of sp³-hybridized carbons (Fsp3) is 0.387. The number of benzene rings is 1. The van der Waals surface area contributed by atoms with Crippen molar-refractivity contribution in [3.05, 3.63) is 76.5 Å². The van der Waals surface area contributed by atoms with Crippen LogP contribution in [0.3, 0.4) is 0 Å². The summed E-state index contributed by atoms with van der Waals surface area (Å²) in [5, 5.41) is 20.6. The molecule has 1 unspecified atom stereocenters. The Morgan fingerprint density at radius 1 is 1.25 bits per heavy atom. The van der Waals surface area contributed by atoms with Crippen LogP contribution >= 0.6 is 11.3 Å². The first kappa shape index (κ1) is 32.3. The molecule has 0 saturated carbocycles. The van der Waals surface area contributed by atoms with Crippen LogP contribution < -0.4 is 10.1 Å². The van der Waals surface area contributed by atoms with Gasteiger partial charge in [0, 0.05) is 17.5 Å². The molecule has 1 fully saturated rings. The third kappa shape index (κ3) is 10.7. The third-order valence-electron chi connectivity index (χ3n) is 5.90. The average Bonchev–Trinajstić information content (AvgIpc) is 3.61. The van der Waals surface area contributed by atoms with Crippen LogP contribution in [0.2, 0.25) is 0 Å². The average molecular weight is 561 g/mol. The van der Waals surface area contributed by atoms with Crippen molar-refractivity contribution in [2.24, 2.45) is 5.92 Å². The van der Waals surface area contributed by atoms with Gasteiger partial charge < -0.3 is 10.1 Å². The minimum atomic E-state index is 0.0379. The number of hydrogen-bond donors (Lipinski definition) is 2. The molecule has 1 aromatic carbocycles. The Morgan fingerprint density at radius 3 is 2.42 bits per heavy atom. The Kier molecular flexibility index (Phi) is 14.3. The van der Waals surface area contributed by atoms with Crippen molar-refractivity contribution in [1.82, 2.24) is 25.5 Å². The number of nitrogens with one attached hydrogen (secondary N) is 2. The number of piperidine rings is 1. The molecule has 0 spiro atoms. The number of carbonyl (C=O) groups is 1. The summed E-state index contributed by atoms with van der Waals surface area (Å²) in [6.45, 7) is 15.8. The number of aromatic amines is 1. The predicted octanol–water partition coefficient (Wildman–Crippen LogP) is 7.43. The Hall–Kier alpha value is -3.87. The lowest BCUT2D eigenvalue weighted by Crippen LogP contribution is -2.27. The van der Waals surface area contributed by atoms with Crippen LogP contribution in [0, 0.1) is 24.2 Å². The summed E-state index contributed by atoms with van der Waals surface area (Å²) in [4.78, 5) is 20.1. The van der Waals surface area contributed by atoms with E-state index in [1.54, 1.807) is 43.6 Å². The molecule has 4 heterocycles. The zero-order valence-corrected chi connectivity index (χ0v) is 25.0. The first-order valence-electron chi connectivity index (χ1n) is 13.6. The van der Waals surface area contributed by atoms with Crippen LogP contribution in [0.4, 0.5) is 0 Å². The van der Waals surface area contributed by atoms with Crippen molar-refractivity contribution in [3.8, 4) is 17.6 Å². The SMILES string of the molecule is C=CCC.CC1CCCNC1.CCc1[nH]nc2nccc(Oc3ccc(C(C)=O)cc3)c12.Cc1ncc(C#N)s1. The van der Waals surface area contributed by atoms with Crippen LogP contribution in [-0.2, 0) is 6.42 Å². The van der Waals surface area contributed by atoms with E-state index in [1.807, 2.05) is 32.1 Å². The lowest BCUT2D eigenvalue weighted by Gasteiger charge is -2.17. The van der Waals surface area contributed by atoms with E-state index in [2.05, 4.69) is 45.9 Å². The molecule has 1 saturated heterocycles. The summed E-state index contributed by atoms with van der Waals surface area (Å²) in [6.07, 6.45) is 9.83. The normalized spacial score (nSPS) is 13.8. The minimum absolute atomic E-state index is 0.0379. The molecule has 2 N–H and O–H groups in total. The van der Waals surface area contributed by atoms with Crippen molar-refractivity contribution in [2.75, 3.05) is 13.1 Å². The minimum Gasteiger partial charge on any atom is -0.456 e. The highest BCUT2D eigenvalue weighted by Gasteiger charge is 2.12. The van der Waals surface area contributed by atoms with E-state index in [1.165, 1.54) is 37.3 Å². The molecule has 1 aliphatic rings. The summed E-state index contributed by atoms with van der Waals surface area (Å²) < 4.78 is 5.92. The zero-order chi connectivity index (χ0) is 29.3. The van der Waals surface area contributed by atoms with Crippen LogP contribution in [-0.4, -0.2) is 39.0 Å². The second-order valence-corrected chi connectivity index (χ2v) is 10.5. The quantitative estimate of drug-likeness (QED) is 0.193. The summed E-state index contributed by atoms with van der Waals surface area (Å²) in [5.74, 6) is 2.35. The smallest absolute Gasteiger partial charge is 0.184 e. The maximum absolute atomic E-state index is 11.3. The number of ketones is 1. The number of nitrogens with zero attached hydrogens (tertiary/aromatic N) is 4. The van der Waals surface area contributed by atoms with Gasteiger partial charge in [-0.15, -0.1) is 17.9 Å². The number of rotatable bonds is 5. The molecule has 4 aromatic rings. The lowest BCUT2D eigenvalue weighted by atomic mass is 10.0. The number of pyridine rings is 1. The molecule has 0 radical (unpaired) electrons. The Bertz CT molecular complexity index is 1360. The molecule has 8 nitrogen and oxygen atoms in total. The maximum atomic E-state index is 11.3. The summed E-state index contributed by atoms with van der Waals surface area (Å²) in [6, 6.07) is 10.9. The van der Waals surface area contributed by atoms with Gasteiger partial charge in [-0.3, -0.25) is 9.89 Å². The number of allylic oxidation sites excluding steroid dienone is 1. The van der Waals surface area contributed by atoms with Gasteiger partial charge in [-0.05, 0) is 88.9 Å². The number of nitriles is 1. The van der Waals surface area contributed by atoms with Crippen molar-refractivity contribution in [1.29, 1.82) is 5.26 Å². The molecule has 40 heavy (non-hydrogen) atoms. The summed E-state index contributed by atoms with van der Waals surface area (Å²) in [7, 11) is 0. The molecular weight excluding hydrogens is 520 g/mol. The van der Waals surface area contributed by atoms with Gasteiger partial charge >= 0.3 is 0 Å². The van der Waals surface area contributed by atoms with E-state index in [9.17, 15) is 4.79 Å². The van der Waals surface area contributed by atoms with Crippen LogP contribution in [0.5, 0.6) is 11.5 Å². The topological polar surface area (TPSA) is 117 Å². The van der Waals surface area contributed by atoms with E-state index in [0.29, 0.717) is 27.6 Å². The van der Waals surface area contributed by atoms with Crippen molar-refractivity contribution in [3.63, 3.8) is 0 Å². The van der Waals surface area contributed by atoms with Gasteiger partial charge in [-0.25, -0.2) is 9.97 Å². The fourth-order valence-corrected chi connectivity index (χ4v) is 4.22. The van der Waals surface area contributed by atoms with Gasteiger partial charge in [0.15, 0.2) is 11.4 Å². The van der Waals surface area contributed by atoms with Crippen LogP contribution in [0.25, 0.3) is 11.0 Å². The fourth-order valence-electron chi connectivity index (χ4n) is 3.64. The van der Waals surface area contributed by atoms with E-state index >= 15 is 0 Å². The van der Waals surface area contributed by atoms with E-state index in [4.69, 9.17) is 10.00 Å². The molecule has 212 valence electrons. The van der Waals surface area contributed by atoms with Crippen LogP contribution in [0.15, 0.2) is 55.4 Å². The highest BCUT2D eigenvalue weighted by molar-refractivity contribution is 7.12. The number of aromatic nitrogens is 4. The van der Waals surface area contributed by atoms with Crippen LogP contribution in [0.1, 0.15) is 72.9 Å². The van der Waals surface area contributed by atoms with Gasteiger partial charge in [0.05, 0.1) is 16.6 Å². The Balaban J connectivity index is 0.000000240. The Labute approximate surface area is 241 Å². The molecule has 1 atom stereocenters. The second kappa shape index (κ2) is 17.7. The largest absolute Gasteiger partial charge is 0.456 e. The monoisotopic (exact) mass is 560 g/mol. The number of aryl methyl sites for hydroxylation is 2. The zero-order valence-electron chi connectivity index (χ0n) is 24.2. The third-order valence-corrected chi connectivity index (χ3v) is 6.71. The molecule has 5 rings (SSSR count). The van der Waals surface area contributed by atoms with Gasteiger partial charge in [0.2, 0.25) is 0 Å². The van der Waals surface area contributed by atoms with Crippen molar-refractivity contribution in [2.45, 2.75) is 60.3 Å². The highest BCUT2D eigenvalue weighted by Crippen LogP contribution is 2.30. The molecule has 9 heteroatoms. The van der Waals surface area contributed by atoms with Gasteiger partial charge in [0.1, 0.15) is 22.4 Å². The number of H-pyrrole nitrogens is 1. The number of thiazole rings is 1.